The van der Waals surface area contributed by atoms with E-state index in [-0.39, 0.29) is 12.1 Å². The Bertz CT molecular complexity index is 323. The molecule has 0 saturated carbocycles. The maximum atomic E-state index is 12.1. The summed E-state index contributed by atoms with van der Waals surface area (Å²) in [5.41, 5.74) is -0.419. The lowest BCUT2D eigenvalue weighted by Crippen LogP contribution is -2.52. The molecule has 4 nitrogen and oxygen atoms in total. The van der Waals surface area contributed by atoms with Gasteiger partial charge in [-0.1, -0.05) is 13.8 Å². The molecule has 1 rings (SSSR count). The Labute approximate surface area is 124 Å². The predicted molar refractivity (Wildman–Crippen MR) is 82.9 cm³/mol. The molecule has 1 heterocycles. The molecule has 118 valence electrons. The van der Waals surface area contributed by atoms with E-state index in [1.165, 1.54) is 0 Å². The molecule has 0 aromatic rings. The maximum absolute atomic E-state index is 12.1. The molecule has 1 aliphatic rings. The Kier molecular flexibility index (Phi) is 5.87. The largest absolute Gasteiger partial charge is 0.444 e. The second kappa shape index (κ2) is 6.79. The van der Waals surface area contributed by atoms with Gasteiger partial charge in [-0.25, -0.2) is 4.79 Å². The molecule has 3 unspecified atom stereocenters. The molecule has 20 heavy (non-hydrogen) atoms. The highest BCUT2D eigenvalue weighted by Crippen LogP contribution is 2.21. The number of hydrogen-bond donors (Lipinski definition) is 1. The smallest absolute Gasteiger partial charge is 0.410 e. The van der Waals surface area contributed by atoms with Gasteiger partial charge in [-0.05, 0) is 53.4 Å². The van der Waals surface area contributed by atoms with E-state index < -0.39 is 5.60 Å². The van der Waals surface area contributed by atoms with Gasteiger partial charge in [-0.2, -0.15) is 0 Å². The number of rotatable bonds is 3. The van der Waals surface area contributed by atoms with Crippen LogP contribution in [0.25, 0.3) is 0 Å². The SMILES string of the molecule is CC(C)C(C)NC1CCN(C(=O)OC(C)(C)C)C(C)C1. The first-order valence-corrected chi connectivity index (χ1v) is 7.86. The van der Waals surface area contributed by atoms with Crippen LogP contribution in [0.15, 0.2) is 0 Å². The van der Waals surface area contributed by atoms with Crippen LogP contribution in [0.3, 0.4) is 0 Å². The number of likely N-dealkylation sites (tertiary alicyclic amines) is 1. The fourth-order valence-corrected chi connectivity index (χ4v) is 2.48. The van der Waals surface area contributed by atoms with Gasteiger partial charge < -0.3 is 15.0 Å². The molecule has 1 amide bonds. The monoisotopic (exact) mass is 284 g/mol. The zero-order valence-corrected chi connectivity index (χ0v) is 14.2. The minimum Gasteiger partial charge on any atom is -0.444 e. The van der Waals surface area contributed by atoms with E-state index in [0.29, 0.717) is 18.0 Å². The Balaban J connectivity index is 2.49. The van der Waals surface area contributed by atoms with Crippen LogP contribution in [0.2, 0.25) is 0 Å². The molecule has 0 aromatic carbocycles. The highest BCUT2D eigenvalue weighted by Gasteiger charge is 2.32. The normalized spacial score (nSPS) is 25.7. The molecule has 0 radical (unpaired) electrons. The lowest BCUT2D eigenvalue weighted by molar-refractivity contribution is 0.00886. The molecule has 1 saturated heterocycles. The number of ether oxygens (including phenoxy) is 1. The van der Waals surface area contributed by atoms with Crippen molar-refractivity contribution in [1.29, 1.82) is 0 Å². The number of hydrogen-bond acceptors (Lipinski definition) is 3. The van der Waals surface area contributed by atoms with Crippen LogP contribution in [-0.4, -0.2) is 41.3 Å². The quantitative estimate of drug-likeness (QED) is 0.863. The van der Waals surface area contributed by atoms with Gasteiger partial charge in [0.1, 0.15) is 5.60 Å². The van der Waals surface area contributed by atoms with E-state index in [9.17, 15) is 4.79 Å². The molecule has 1 aliphatic heterocycles. The first-order valence-electron chi connectivity index (χ1n) is 7.86. The first kappa shape index (κ1) is 17.3. The van der Waals surface area contributed by atoms with Crippen molar-refractivity contribution < 1.29 is 9.53 Å². The summed E-state index contributed by atoms with van der Waals surface area (Å²) in [6.45, 7) is 15.3. The van der Waals surface area contributed by atoms with Crippen LogP contribution in [0.4, 0.5) is 4.79 Å². The van der Waals surface area contributed by atoms with Gasteiger partial charge in [0.2, 0.25) is 0 Å². The second-order valence-corrected chi connectivity index (χ2v) is 7.44. The molecule has 0 spiro atoms. The first-order chi connectivity index (χ1) is 9.10. The summed E-state index contributed by atoms with van der Waals surface area (Å²) in [4.78, 5) is 14.0. The molecular formula is C16H32N2O2. The van der Waals surface area contributed by atoms with Crippen molar-refractivity contribution in [3.8, 4) is 0 Å². The van der Waals surface area contributed by atoms with Crippen LogP contribution < -0.4 is 5.32 Å². The van der Waals surface area contributed by atoms with Crippen LogP contribution in [0, 0.1) is 5.92 Å². The summed E-state index contributed by atoms with van der Waals surface area (Å²) in [6, 6.07) is 1.25. The summed E-state index contributed by atoms with van der Waals surface area (Å²) < 4.78 is 5.47. The van der Waals surface area contributed by atoms with Crippen molar-refractivity contribution in [1.82, 2.24) is 10.2 Å². The highest BCUT2D eigenvalue weighted by molar-refractivity contribution is 5.68. The lowest BCUT2D eigenvalue weighted by atomic mass is 9.96. The number of carbonyl (C=O) groups excluding carboxylic acids is 1. The van der Waals surface area contributed by atoms with Gasteiger partial charge in [0.25, 0.3) is 0 Å². The van der Waals surface area contributed by atoms with Crippen molar-refractivity contribution in [2.75, 3.05) is 6.54 Å². The summed E-state index contributed by atoms with van der Waals surface area (Å²) in [6.07, 6.45) is 1.82. The lowest BCUT2D eigenvalue weighted by Gasteiger charge is -2.39. The van der Waals surface area contributed by atoms with Crippen molar-refractivity contribution in [2.24, 2.45) is 5.92 Å². The van der Waals surface area contributed by atoms with Crippen LogP contribution >= 0.6 is 0 Å². The number of amides is 1. The van der Waals surface area contributed by atoms with E-state index in [1.807, 2.05) is 25.7 Å². The van der Waals surface area contributed by atoms with Crippen molar-refractivity contribution in [2.45, 2.75) is 85.0 Å². The van der Waals surface area contributed by atoms with E-state index in [1.54, 1.807) is 0 Å². The van der Waals surface area contributed by atoms with E-state index >= 15 is 0 Å². The van der Waals surface area contributed by atoms with Gasteiger partial charge >= 0.3 is 6.09 Å². The van der Waals surface area contributed by atoms with Crippen molar-refractivity contribution in [3.63, 3.8) is 0 Å². The average Bonchev–Trinajstić information content (AvgIpc) is 2.26. The van der Waals surface area contributed by atoms with Crippen LogP contribution in [0.5, 0.6) is 0 Å². The Hall–Kier alpha value is -0.770. The molecule has 0 aliphatic carbocycles. The van der Waals surface area contributed by atoms with Gasteiger partial charge in [-0.3, -0.25) is 0 Å². The Morgan fingerprint density at radius 3 is 2.35 bits per heavy atom. The highest BCUT2D eigenvalue weighted by atomic mass is 16.6. The van der Waals surface area contributed by atoms with E-state index in [4.69, 9.17) is 4.74 Å². The third-order valence-electron chi connectivity index (χ3n) is 4.00. The number of carbonyl (C=O) groups is 1. The zero-order valence-electron chi connectivity index (χ0n) is 14.2. The average molecular weight is 284 g/mol. The van der Waals surface area contributed by atoms with Crippen LogP contribution in [0.1, 0.15) is 61.3 Å². The molecule has 0 aromatic heterocycles. The van der Waals surface area contributed by atoms with Gasteiger partial charge in [-0.15, -0.1) is 0 Å². The number of nitrogens with one attached hydrogen (secondary N) is 1. The van der Waals surface area contributed by atoms with Crippen LogP contribution in [-0.2, 0) is 4.74 Å². The molecule has 1 N–H and O–H groups in total. The number of piperidine rings is 1. The minimum atomic E-state index is -0.419. The Morgan fingerprint density at radius 1 is 1.30 bits per heavy atom. The Morgan fingerprint density at radius 2 is 1.90 bits per heavy atom. The van der Waals surface area contributed by atoms with Gasteiger partial charge in [0, 0.05) is 24.7 Å². The van der Waals surface area contributed by atoms with E-state index in [0.717, 1.165) is 19.4 Å². The number of nitrogens with zero attached hydrogens (tertiary/aromatic N) is 1. The fourth-order valence-electron chi connectivity index (χ4n) is 2.48. The fraction of sp³-hybridized carbons (Fsp3) is 0.938. The third kappa shape index (κ3) is 5.31. The minimum absolute atomic E-state index is 0.180. The maximum Gasteiger partial charge on any atom is 0.410 e. The molecular weight excluding hydrogens is 252 g/mol. The second-order valence-electron chi connectivity index (χ2n) is 7.44. The standard InChI is InChI=1S/C16H32N2O2/c1-11(2)13(4)17-14-8-9-18(12(3)10-14)15(19)20-16(5,6)7/h11-14,17H,8-10H2,1-7H3. The zero-order chi connectivity index (χ0) is 15.5. The van der Waals surface area contributed by atoms with Crippen molar-refractivity contribution in [3.05, 3.63) is 0 Å². The van der Waals surface area contributed by atoms with Gasteiger partial charge in [0.05, 0.1) is 0 Å². The summed E-state index contributed by atoms with van der Waals surface area (Å²) in [5.74, 6) is 0.634. The topological polar surface area (TPSA) is 41.6 Å². The van der Waals surface area contributed by atoms with E-state index in [2.05, 4.69) is 33.0 Å². The molecule has 1 fully saturated rings. The summed E-state index contributed by atoms with van der Waals surface area (Å²) >= 11 is 0. The predicted octanol–water partition coefficient (Wildman–Crippen LogP) is 3.41. The van der Waals surface area contributed by atoms with Crippen molar-refractivity contribution >= 4 is 6.09 Å². The molecule has 3 atom stereocenters. The van der Waals surface area contributed by atoms with Gasteiger partial charge in [0.15, 0.2) is 0 Å². The summed E-state index contributed by atoms with van der Waals surface area (Å²) in [5, 5.41) is 3.68. The molecule has 4 heteroatoms. The third-order valence-corrected chi connectivity index (χ3v) is 4.00. The molecule has 0 bridgehead atoms. The summed E-state index contributed by atoms with van der Waals surface area (Å²) in [7, 11) is 0.